The number of rotatable bonds is 3. The molecule has 0 radical (unpaired) electrons. The van der Waals surface area contributed by atoms with Crippen LogP contribution in [-0.2, 0) is 4.79 Å². The van der Waals surface area contributed by atoms with Gasteiger partial charge in [-0.25, -0.2) is 4.98 Å². The summed E-state index contributed by atoms with van der Waals surface area (Å²) < 4.78 is 37.6. The maximum Gasteiger partial charge on any atom is 0.396 e. The van der Waals surface area contributed by atoms with E-state index >= 15 is 0 Å². The van der Waals surface area contributed by atoms with Crippen molar-refractivity contribution in [1.29, 1.82) is 0 Å². The molecule has 7 heteroatoms. The lowest BCUT2D eigenvalue weighted by Gasteiger charge is -2.18. The highest BCUT2D eigenvalue weighted by atomic mass is 35.5. The summed E-state index contributed by atoms with van der Waals surface area (Å²) in [5.41, 5.74) is -0.209. The van der Waals surface area contributed by atoms with Crippen molar-refractivity contribution in [1.82, 2.24) is 4.98 Å². The summed E-state index contributed by atoms with van der Waals surface area (Å²) in [6, 6.07) is 2.31. The molecule has 1 aromatic rings. The van der Waals surface area contributed by atoms with Gasteiger partial charge in [0, 0.05) is 6.20 Å². The van der Waals surface area contributed by atoms with Crippen LogP contribution in [0.2, 0.25) is 5.15 Å². The summed E-state index contributed by atoms with van der Waals surface area (Å²) in [5.74, 6) is -3.58. The summed E-state index contributed by atoms with van der Waals surface area (Å²) in [5, 5.41) is 8.47. The maximum atomic E-state index is 12.5. The van der Waals surface area contributed by atoms with E-state index in [4.69, 9.17) is 16.7 Å². The van der Waals surface area contributed by atoms with Crippen molar-refractivity contribution in [2.75, 3.05) is 0 Å². The van der Waals surface area contributed by atoms with Crippen LogP contribution in [0.25, 0.3) is 0 Å². The quantitative estimate of drug-likeness (QED) is 0.843. The van der Waals surface area contributed by atoms with Crippen molar-refractivity contribution in [2.45, 2.75) is 18.5 Å². The molecule has 0 spiro atoms. The summed E-state index contributed by atoms with van der Waals surface area (Å²) in [7, 11) is 0. The van der Waals surface area contributed by atoms with E-state index in [0.717, 1.165) is 12.3 Å². The van der Waals surface area contributed by atoms with Crippen molar-refractivity contribution in [3.05, 3.63) is 29.0 Å². The lowest BCUT2D eigenvalue weighted by atomic mass is 9.97. The van der Waals surface area contributed by atoms with E-state index in [2.05, 4.69) is 4.98 Å². The Morgan fingerprint density at radius 1 is 1.50 bits per heavy atom. The van der Waals surface area contributed by atoms with Gasteiger partial charge in [-0.2, -0.15) is 13.2 Å². The molecule has 0 saturated heterocycles. The van der Waals surface area contributed by atoms with Crippen LogP contribution in [0.3, 0.4) is 0 Å². The van der Waals surface area contributed by atoms with E-state index in [1.54, 1.807) is 0 Å². The van der Waals surface area contributed by atoms with Gasteiger partial charge in [-0.15, -0.1) is 0 Å². The van der Waals surface area contributed by atoms with Gasteiger partial charge >= 0.3 is 12.1 Å². The number of aliphatic carboxylic acids is 1. The fraction of sp³-hybridized carbons (Fsp3) is 0.333. The van der Waals surface area contributed by atoms with Gasteiger partial charge in [-0.3, -0.25) is 4.79 Å². The Hall–Kier alpha value is -1.30. The van der Waals surface area contributed by atoms with Gasteiger partial charge in [-0.05, 0) is 11.6 Å². The second-order valence-electron chi connectivity index (χ2n) is 3.11. The van der Waals surface area contributed by atoms with E-state index in [0.29, 0.717) is 0 Å². The zero-order chi connectivity index (χ0) is 12.3. The topological polar surface area (TPSA) is 50.2 Å². The summed E-state index contributed by atoms with van der Waals surface area (Å²) in [6.45, 7) is 0. The van der Waals surface area contributed by atoms with E-state index in [1.807, 2.05) is 0 Å². The number of aromatic nitrogens is 1. The zero-order valence-electron chi connectivity index (χ0n) is 7.83. The number of pyridine rings is 1. The van der Waals surface area contributed by atoms with Crippen LogP contribution >= 0.6 is 11.6 Å². The Bertz CT molecular complexity index is 377. The number of carboxylic acids is 1. The minimum absolute atomic E-state index is 0.0556. The lowest BCUT2D eigenvalue weighted by molar-refractivity contribution is -0.163. The van der Waals surface area contributed by atoms with Gasteiger partial charge in [0.2, 0.25) is 0 Å². The van der Waals surface area contributed by atoms with E-state index in [9.17, 15) is 18.0 Å². The lowest BCUT2D eigenvalue weighted by Crippen LogP contribution is -2.23. The number of hydrogen-bond donors (Lipinski definition) is 1. The summed E-state index contributed by atoms with van der Waals surface area (Å²) in [6.07, 6.45) is -4.70. The SMILES string of the molecule is O=C(O)CC(c1ccc(Cl)nc1)C(F)(F)F. The van der Waals surface area contributed by atoms with Crippen LogP contribution in [0.4, 0.5) is 13.2 Å². The molecule has 88 valence electrons. The standard InChI is InChI=1S/C9H7ClF3NO2/c10-7-2-1-5(4-14-7)6(3-8(15)16)9(11,12)13/h1-2,4,6H,3H2,(H,15,16). The predicted molar refractivity (Wildman–Crippen MR) is 50.3 cm³/mol. The molecule has 1 N–H and O–H groups in total. The molecule has 0 aromatic carbocycles. The highest BCUT2D eigenvalue weighted by Gasteiger charge is 2.42. The molecule has 0 amide bonds. The minimum atomic E-state index is -4.62. The molecule has 0 aliphatic heterocycles. The molecule has 1 unspecified atom stereocenters. The van der Waals surface area contributed by atoms with Crippen LogP contribution in [0.15, 0.2) is 18.3 Å². The van der Waals surface area contributed by atoms with Gasteiger partial charge in [0.15, 0.2) is 0 Å². The largest absolute Gasteiger partial charge is 0.481 e. The van der Waals surface area contributed by atoms with Crippen molar-refractivity contribution in [3.63, 3.8) is 0 Å². The number of nitrogens with zero attached hydrogens (tertiary/aromatic N) is 1. The number of hydrogen-bond acceptors (Lipinski definition) is 2. The van der Waals surface area contributed by atoms with Crippen LogP contribution in [-0.4, -0.2) is 22.2 Å². The molecule has 0 fully saturated rings. The molecule has 1 atom stereocenters. The fourth-order valence-corrected chi connectivity index (χ4v) is 1.30. The normalized spacial score (nSPS) is 13.5. The highest BCUT2D eigenvalue weighted by Crippen LogP contribution is 2.37. The van der Waals surface area contributed by atoms with Crippen molar-refractivity contribution in [2.24, 2.45) is 0 Å². The molecular formula is C9H7ClF3NO2. The first-order valence-electron chi connectivity index (χ1n) is 4.20. The summed E-state index contributed by atoms with van der Waals surface area (Å²) >= 11 is 5.43. The molecule has 16 heavy (non-hydrogen) atoms. The van der Waals surface area contributed by atoms with Gasteiger partial charge in [0.05, 0.1) is 12.3 Å². The number of carboxylic acid groups (broad SMARTS) is 1. The monoisotopic (exact) mass is 253 g/mol. The Kier molecular flexibility index (Phi) is 3.74. The molecular weight excluding hydrogens is 247 g/mol. The molecule has 1 aromatic heterocycles. The third-order valence-electron chi connectivity index (χ3n) is 1.93. The second kappa shape index (κ2) is 4.69. The van der Waals surface area contributed by atoms with Gasteiger partial charge in [0.1, 0.15) is 5.15 Å². The average Bonchev–Trinajstić information content (AvgIpc) is 2.14. The second-order valence-corrected chi connectivity index (χ2v) is 3.49. The zero-order valence-corrected chi connectivity index (χ0v) is 8.59. The third-order valence-corrected chi connectivity index (χ3v) is 2.15. The van der Waals surface area contributed by atoms with Gasteiger partial charge in [0.25, 0.3) is 0 Å². The van der Waals surface area contributed by atoms with Gasteiger partial charge < -0.3 is 5.11 Å². The van der Waals surface area contributed by atoms with Crippen LogP contribution in [0.5, 0.6) is 0 Å². The fourth-order valence-electron chi connectivity index (χ4n) is 1.19. The highest BCUT2D eigenvalue weighted by molar-refractivity contribution is 6.29. The van der Waals surface area contributed by atoms with Crippen LogP contribution < -0.4 is 0 Å². The smallest absolute Gasteiger partial charge is 0.396 e. The maximum absolute atomic E-state index is 12.5. The van der Waals surface area contributed by atoms with Crippen LogP contribution in [0, 0.1) is 0 Å². The Balaban J connectivity index is 3.01. The van der Waals surface area contributed by atoms with E-state index in [1.165, 1.54) is 6.07 Å². The van der Waals surface area contributed by atoms with Crippen molar-refractivity contribution >= 4 is 17.6 Å². The van der Waals surface area contributed by atoms with E-state index < -0.39 is 24.5 Å². The molecule has 3 nitrogen and oxygen atoms in total. The Morgan fingerprint density at radius 3 is 2.50 bits per heavy atom. The molecule has 0 aliphatic rings. The van der Waals surface area contributed by atoms with Crippen molar-refractivity contribution in [3.8, 4) is 0 Å². The minimum Gasteiger partial charge on any atom is -0.481 e. The first-order chi connectivity index (χ1) is 7.30. The number of carbonyl (C=O) groups is 1. The molecule has 1 rings (SSSR count). The van der Waals surface area contributed by atoms with Crippen molar-refractivity contribution < 1.29 is 23.1 Å². The molecule has 1 heterocycles. The first-order valence-corrected chi connectivity index (χ1v) is 4.58. The predicted octanol–water partition coefficient (Wildman–Crippen LogP) is 2.86. The first kappa shape index (κ1) is 12.8. The third kappa shape index (κ3) is 3.37. The molecule has 0 bridgehead atoms. The molecule has 0 saturated carbocycles. The Morgan fingerprint density at radius 2 is 2.12 bits per heavy atom. The number of halogens is 4. The van der Waals surface area contributed by atoms with Crippen LogP contribution in [0.1, 0.15) is 17.9 Å². The average molecular weight is 254 g/mol. The molecule has 0 aliphatic carbocycles. The summed E-state index contributed by atoms with van der Waals surface area (Å²) in [4.78, 5) is 13.8. The van der Waals surface area contributed by atoms with Gasteiger partial charge in [-0.1, -0.05) is 17.7 Å². The Labute approximate surface area is 93.9 Å². The number of alkyl halides is 3. The van der Waals surface area contributed by atoms with E-state index in [-0.39, 0.29) is 10.7 Å².